The number of methoxy groups -OCH3 is 1. The lowest BCUT2D eigenvalue weighted by molar-refractivity contribution is -0.0307. The van der Waals surface area contributed by atoms with Crippen molar-refractivity contribution in [3.8, 4) is 11.4 Å². The van der Waals surface area contributed by atoms with Crippen LogP contribution >= 0.6 is 12.2 Å². The maximum absolute atomic E-state index is 5.56. The van der Waals surface area contributed by atoms with Gasteiger partial charge in [-0.05, 0) is 31.3 Å². The summed E-state index contributed by atoms with van der Waals surface area (Å²) in [5.41, 5.74) is 0.950. The first-order chi connectivity index (χ1) is 10.7. The van der Waals surface area contributed by atoms with Crippen LogP contribution in [0.3, 0.4) is 0 Å². The van der Waals surface area contributed by atoms with E-state index in [1.807, 2.05) is 33.5 Å². The first kappa shape index (κ1) is 15.2. The molecule has 2 heterocycles. The summed E-state index contributed by atoms with van der Waals surface area (Å²) in [4.78, 5) is 2.30. The molecule has 1 aromatic carbocycles. The molecule has 0 amide bonds. The van der Waals surface area contributed by atoms with Crippen molar-refractivity contribution in [2.75, 3.05) is 26.8 Å². The van der Waals surface area contributed by atoms with Gasteiger partial charge in [-0.2, -0.15) is 5.10 Å². The van der Waals surface area contributed by atoms with Crippen molar-refractivity contribution >= 4 is 12.2 Å². The van der Waals surface area contributed by atoms with Gasteiger partial charge in [-0.25, -0.2) is 4.68 Å². The van der Waals surface area contributed by atoms with Gasteiger partial charge in [0.1, 0.15) is 12.1 Å². The summed E-state index contributed by atoms with van der Waals surface area (Å²) in [6.45, 7) is 5.32. The Bertz CT molecular complexity index is 697. The molecule has 0 radical (unpaired) electrons. The van der Waals surface area contributed by atoms with Gasteiger partial charge in [-0.3, -0.25) is 9.47 Å². The highest BCUT2D eigenvalue weighted by atomic mass is 32.1. The molecule has 6 nitrogen and oxygen atoms in total. The number of hydrogen-bond donors (Lipinski definition) is 0. The van der Waals surface area contributed by atoms with Crippen LogP contribution in [0.2, 0.25) is 0 Å². The van der Waals surface area contributed by atoms with Crippen LogP contribution in [0.4, 0.5) is 0 Å². The Morgan fingerprint density at radius 3 is 3.09 bits per heavy atom. The maximum Gasteiger partial charge on any atom is 0.203 e. The molecule has 0 bridgehead atoms. The monoisotopic (exact) mass is 320 g/mol. The molecule has 1 atom stereocenters. The van der Waals surface area contributed by atoms with Crippen LogP contribution < -0.4 is 4.74 Å². The predicted molar refractivity (Wildman–Crippen MR) is 85.9 cm³/mol. The van der Waals surface area contributed by atoms with Gasteiger partial charge in [-0.15, -0.1) is 0 Å². The summed E-state index contributed by atoms with van der Waals surface area (Å²) in [5.74, 6) is 0.800. The molecule has 2 aromatic rings. The van der Waals surface area contributed by atoms with E-state index in [9.17, 15) is 0 Å². The maximum atomic E-state index is 5.56. The number of rotatable bonds is 4. The molecule has 3 rings (SSSR count). The van der Waals surface area contributed by atoms with Gasteiger partial charge in [0.2, 0.25) is 4.77 Å². The number of morpholine rings is 1. The van der Waals surface area contributed by atoms with Crippen LogP contribution in [0.1, 0.15) is 6.92 Å². The van der Waals surface area contributed by atoms with E-state index in [1.165, 1.54) is 0 Å². The van der Waals surface area contributed by atoms with Crippen molar-refractivity contribution in [3.05, 3.63) is 35.4 Å². The molecule has 7 heteroatoms. The minimum absolute atomic E-state index is 0.253. The molecule has 1 aliphatic rings. The van der Waals surface area contributed by atoms with E-state index in [2.05, 4.69) is 16.9 Å². The summed E-state index contributed by atoms with van der Waals surface area (Å²) >= 11 is 5.55. The van der Waals surface area contributed by atoms with Gasteiger partial charge < -0.3 is 9.47 Å². The van der Waals surface area contributed by atoms with E-state index < -0.39 is 0 Å². The first-order valence-corrected chi connectivity index (χ1v) is 7.71. The third-order valence-electron chi connectivity index (χ3n) is 3.72. The second-order valence-corrected chi connectivity index (χ2v) is 5.75. The van der Waals surface area contributed by atoms with Gasteiger partial charge in [0, 0.05) is 19.2 Å². The van der Waals surface area contributed by atoms with Crippen LogP contribution in [0, 0.1) is 4.77 Å². The van der Waals surface area contributed by atoms with Crippen molar-refractivity contribution in [1.82, 2.24) is 19.2 Å². The third kappa shape index (κ3) is 3.21. The lowest BCUT2D eigenvalue weighted by Crippen LogP contribution is -2.42. The molecule has 0 unspecified atom stereocenters. The fourth-order valence-corrected chi connectivity index (χ4v) is 2.84. The molecule has 1 aromatic heterocycles. The Morgan fingerprint density at radius 1 is 1.45 bits per heavy atom. The van der Waals surface area contributed by atoms with Gasteiger partial charge >= 0.3 is 0 Å². The quantitative estimate of drug-likeness (QED) is 0.807. The van der Waals surface area contributed by atoms with E-state index in [0.29, 0.717) is 11.4 Å². The van der Waals surface area contributed by atoms with Crippen LogP contribution in [0.25, 0.3) is 5.69 Å². The number of benzene rings is 1. The van der Waals surface area contributed by atoms with Crippen molar-refractivity contribution in [3.63, 3.8) is 0 Å². The van der Waals surface area contributed by atoms with E-state index in [0.717, 1.165) is 31.1 Å². The predicted octanol–water partition coefficient (Wildman–Crippen LogP) is 2.09. The lowest BCUT2D eigenvalue weighted by Gasteiger charge is -2.30. The number of ether oxygens (including phenoxy) is 2. The zero-order valence-electron chi connectivity index (χ0n) is 12.8. The van der Waals surface area contributed by atoms with E-state index in [4.69, 9.17) is 21.7 Å². The minimum atomic E-state index is 0.253. The molecule has 1 saturated heterocycles. The van der Waals surface area contributed by atoms with Gasteiger partial charge in [0.15, 0.2) is 0 Å². The van der Waals surface area contributed by atoms with Crippen molar-refractivity contribution in [2.45, 2.75) is 19.7 Å². The molecule has 1 aliphatic heterocycles. The number of nitrogens with zero attached hydrogens (tertiary/aromatic N) is 4. The standard InChI is InChI=1S/C15H20N4O2S/c1-12-9-17(6-7-21-12)11-19-15(22)18(10-16-19)13-4-3-5-14(8-13)20-2/h3-5,8,10,12H,6-7,9,11H2,1-2H3/t12-/m1/s1. The zero-order chi connectivity index (χ0) is 15.5. The fraction of sp³-hybridized carbons (Fsp3) is 0.467. The van der Waals surface area contributed by atoms with Gasteiger partial charge in [-0.1, -0.05) is 6.07 Å². The smallest absolute Gasteiger partial charge is 0.203 e. The second-order valence-electron chi connectivity index (χ2n) is 5.38. The molecule has 0 saturated carbocycles. The Morgan fingerprint density at radius 2 is 2.32 bits per heavy atom. The Kier molecular flexibility index (Phi) is 4.56. The summed E-state index contributed by atoms with van der Waals surface area (Å²) in [6.07, 6.45) is 2.00. The van der Waals surface area contributed by atoms with Crippen LogP contribution in [0.5, 0.6) is 5.75 Å². The Hall–Kier alpha value is -1.70. The molecule has 118 valence electrons. The molecule has 22 heavy (non-hydrogen) atoms. The average Bonchev–Trinajstić information content (AvgIpc) is 2.88. The average molecular weight is 320 g/mol. The minimum Gasteiger partial charge on any atom is -0.497 e. The van der Waals surface area contributed by atoms with Crippen LogP contribution in [-0.2, 0) is 11.4 Å². The third-order valence-corrected chi connectivity index (χ3v) is 4.13. The molecule has 0 spiro atoms. The topological polar surface area (TPSA) is 44.5 Å². The zero-order valence-corrected chi connectivity index (χ0v) is 13.6. The summed E-state index contributed by atoms with van der Waals surface area (Å²) in [6, 6.07) is 7.78. The van der Waals surface area contributed by atoms with Crippen molar-refractivity contribution in [1.29, 1.82) is 0 Å². The van der Waals surface area contributed by atoms with Crippen LogP contribution in [-0.4, -0.2) is 52.2 Å². The largest absolute Gasteiger partial charge is 0.497 e. The molecule has 0 aliphatic carbocycles. The molecular formula is C15H20N4O2S. The number of hydrogen-bond acceptors (Lipinski definition) is 5. The van der Waals surface area contributed by atoms with E-state index in [-0.39, 0.29) is 6.10 Å². The highest BCUT2D eigenvalue weighted by molar-refractivity contribution is 7.71. The highest BCUT2D eigenvalue weighted by Gasteiger charge is 2.17. The first-order valence-electron chi connectivity index (χ1n) is 7.30. The van der Waals surface area contributed by atoms with Crippen molar-refractivity contribution in [2.24, 2.45) is 0 Å². The van der Waals surface area contributed by atoms with Gasteiger partial charge in [0.25, 0.3) is 0 Å². The molecule has 0 N–H and O–H groups in total. The van der Waals surface area contributed by atoms with E-state index in [1.54, 1.807) is 13.4 Å². The Balaban J connectivity index is 1.81. The number of aromatic nitrogens is 3. The van der Waals surface area contributed by atoms with E-state index >= 15 is 0 Å². The fourth-order valence-electron chi connectivity index (χ4n) is 2.58. The lowest BCUT2D eigenvalue weighted by atomic mass is 10.3. The Labute approximate surface area is 134 Å². The summed E-state index contributed by atoms with van der Waals surface area (Å²) in [7, 11) is 1.65. The second kappa shape index (κ2) is 6.60. The summed E-state index contributed by atoms with van der Waals surface area (Å²) in [5, 5.41) is 4.42. The normalized spacial score (nSPS) is 19.3. The van der Waals surface area contributed by atoms with Crippen LogP contribution in [0.15, 0.2) is 30.6 Å². The summed E-state index contributed by atoms with van der Waals surface area (Å²) < 4.78 is 15.2. The van der Waals surface area contributed by atoms with Crippen molar-refractivity contribution < 1.29 is 9.47 Å². The SMILES string of the molecule is COc1cccc(-n2cnn(CN3CCO[C@H](C)C3)c2=S)c1. The molecule has 1 fully saturated rings. The van der Waals surface area contributed by atoms with Gasteiger partial charge in [0.05, 0.1) is 32.2 Å². The highest BCUT2D eigenvalue weighted by Crippen LogP contribution is 2.17. The molecular weight excluding hydrogens is 300 g/mol.